The topological polar surface area (TPSA) is 49.8 Å². The van der Waals surface area contributed by atoms with Gasteiger partial charge in [-0.15, -0.1) is 0 Å². The van der Waals surface area contributed by atoms with E-state index in [-0.39, 0.29) is 27.9 Å². The van der Waals surface area contributed by atoms with Crippen LogP contribution in [0.1, 0.15) is 91.4 Å². The molecule has 5 saturated carbocycles. The quantitative estimate of drug-likeness (QED) is 0.652. The third-order valence-electron chi connectivity index (χ3n) is 11.7. The average Bonchev–Trinajstić information content (AvgIpc) is 3.27. The summed E-state index contributed by atoms with van der Waals surface area (Å²) in [5.74, 6) is 3.27. The average molecular weight is 387 g/mol. The highest BCUT2D eigenvalue weighted by Crippen LogP contribution is 2.77. The highest BCUT2D eigenvalue weighted by atomic mass is 16.6. The summed E-state index contributed by atoms with van der Waals surface area (Å²) < 4.78 is 6.48. The monoisotopic (exact) mass is 386 g/mol. The van der Waals surface area contributed by atoms with Gasteiger partial charge >= 0.3 is 0 Å². The molecule has 1 saturated heterocycles. The van der Waals surface area contributed by atoms with Crippen LogP contribution >= 0.6 is 0 Å². The maximum Gasteiger partial charge on any atom is 0.136 e. The number of carbonyl (C=O) groups excluding carboxylic acids is 1. The molecular formula is C25H38O3. The fourth-order valence-electron chi connectivity index (χ4n) is 10.5. The van der Waals surface area contributed by atoms with Crippen LogP contribution in [0, 0.1) is 39.9 Å². The summed E-state index contributed by atoms with van der Waals surface area (Å²) in [6.07, 6.45) is 13.1. The molecule has 10 atom stereocenters. The van der Waals surface area contributed by atoms with E-state index in [9.17, 15) is 9.90 Å². The third kappa shape index (κ3) is 1.84. The van der Waals surface area contributed by atoms with Crippen LogP contribution in [0.2, 0.25) is 0 Å². The molecule has 156 valence electrons. The van der Waals surface area contributed by atoms with Crippen molar-refractivity contribution >= 4 is 5.78 Å². The van der Waals surface area contributed by atoms with Crippen molar-refractivity contribution in [1.29, 1.82) is 0 Å². The molecule has 1 spiro atoms. The number of ether oxygens (including phenoxy) is 1. The van der Waals surface area contributed by atoms with E-state index in [2.05, 4.69) is 13.8 Å². The van der Waals surface area contributed by atoms with Gasteiger partial charge in [-0.05, 0) is 87.4 Å². The maximum atomic E-state index is 13.2. The van der Waals surface area contributed by atoms with Crippen molar-refractivity contribution in [3.63, 3.8) is 0 Å². The van der Waals surface area contributed by atoms with E-state index in [1.807, 2.05) is 6.92 Å². The predicted molar refractivity (Wildman–Crippen MR) is 108 cm³/mol. The minimum atomic E-state index is -0.168. The summed E-state index contributed by atoms with van der Waals surface area (Å²) in [6.45, 7) is 6.93. The lowest BCUT2D eigenvalue weighted by Gasteiger charge is -2.61. The highest BCUT2D eigenvalue weighted by molar-refractivity contribution is 5.84. The number of aliphatic hydroxyl groups is 1. The van der Waals surface area contributed by atoms with E-state index in [1.54, 1.807) is 0 Å². The Labute approximate surface area is 170 Å². The smallest absolute Gasteiger partial charge is 0.136 e. The Hall–Kier alpha value is -0.410. The molecule has 0 unspecified atom stereocenters. The van der Waals surface area contributed by atoms with Gasteiger partial charge in [-0.25, -0.2) is 0 Å². The second-order valence-corrected chi connectivity index (χ2v) is 12.1. The molecule has 3 heteroatoms. The maximum absolute atomic E-state index is 13.2. The Morgan fingerprint density at radius 1 is 0.964 bits per heavy atom. The first-order valence-corrected chi connectivity index (χ1v) is 12.2. The van der Waals surface area contributed by atoms with E-state index >= 15 is 0 Å². The van der Waals surface area contributed by atoms with Gasteiger partial charge in [0.25, 0.3) is 0 Å². The van der Waals surface area contributed by atoms with Crippen molar-refractivity contribution in [1.82, 2.24) is 0 Å². The zero-order chi connectivity index (χ0) is 19.5. The molecule has 3 nitrogen and oxygen atoms in total. The van der Waals surface area contributed by atoms with Crippen LogP contribution in [0.25, 0.3) is 0 Å². The van der Waals surface area contributed by atoms with E-state index in [1.165, 1.54) is 44.9 Å². The molecule has 5 aliphatic carbocycles. The minimum Gasteiger partial charge on any atom is -0.393 e. The number of Topliss-reactive ketones (excluding diaryl/α,β-unsaturated/α-hetero) is 1. The van der Waals surface area contributed by atoms with Gasteiger partial charge in [0.05, 0.1) is 12.2 Å². The van der Waals surface area contributed by atoms with E-state index in [0.717, 1.165) is 37.5 Å². The molecule has 1 aliphatic heterocycles. The van der Waals surface area contributed by atoms with Gasteiger partial charge < -0.3 is 9.84 Å². The molecule has 1 heterocycles. The van der Waals surface area contributed by atoms with Crippen LogP contribution in [-0.4, -0.2) is 28.7 Å². The van der Waals surface area contributed by atoms with Crippen LogP contribution < -0.4 is 0 Å². The summed E-state index contributed by atoms with van der Waals surface area (Å²) in [7, 11) is 0. The lowest BCUT2D eigenvalue weighted by molar-refractivity contribution is -0.154. The minimum absolute atomic E-state index is 0.0246. The standard InChI is InChI=1S/C25H38O3/c1-15(26)24-9-5-4-6-16(24)12-20-18-13-21-25(28-21)14-17(27)7-10-23(25,3)19(18)8-11-22(20,24)2/h16-21,27H,4-14H2,1-3H3/t16-,17+,18-,19+,20+,21+,22+,23-,24-,25+/m1/s1. The molecule has 6 fully saturated rings. The zero-order valence-corrected chi connectivity index (χ0v) is 18.0. The highest BCUT2D eigenvalue weighted by Gasteiger charge is 2.77. The fraction of sp³-hybridized carbons (Fsp3) is 0.960. The van der Waals surface area contributed by atoms with E-state index in [0.29, 0.717) is 23.7 Å². The van der Waals surface area contributed by atoms with Crippen LogP contribution in [0.3, 0.4) is 0 Å². The summed E-state index contributed by atoms with van der Waals surface area (Å²) in [5.41, 5.74) is 0.371. The van der Waals surface area contributed by atoms with Crippen molar-refractivity contribution in [2.45, 2.75) is 109 Å². The Morgan fingerprint density at radius 3 is 2.54 bits per heavy atom. The molecule has 28 heavy (non-hydrogen) atoms. The third-order valence-corrected chi connectivity index (χ3v) is 11.7. The van der Waals surface area contributed by atoms with Gasteiger partial charge in [0.2, 0.25) is 0 Å². The lowest BCUT2D eigenvalue weighted by atomic mass is 9.42. The number of aliphatic hydroxyl groups excluding tert-OH is 1. The molecule has 0 radical (unpaired) electrons. The molecule has 0 amide bonds. The summed E-state index contributed by atoms with van der Waals surface area (Å²) in [4.78, 5) is 13.2. The Balaban J connectivity index is 1.40. The van der Waals surface area contributed by atoms with Gasteiger partial charge in [-0.1, -0.05) is 26.7 Å². The normalized spacial score (nSPS) is 62.0. The Morgan fingerprint density at radius 2 is 1.75 bits per heavy atom. The van der Waals surface area contributed by atoms with Gasteiger partial charge in [0, 0.05) is 17.3 Å². The molecule has 0 aromatic heterocycles. The van der Waals surface area contributed by atoms with Crippen LogP contribution in [-0.2, 0) is 9.53 Å². The predicted octanol–water partition coefficient (Wildman–Crippen LogP) is 4.90. The van der Waals surface area contributed by atoms with Crippen molar-refractivity contribution in [2.24, 2.45) is 39.9 Å². The molecule has 0 aromatic carbocycles. The van der Waals surface area contributed by atoms with E-state index in [4.69, 9.17) is 4.74 Å². The zero-order valence-electron chi connectivity index (χ0n) is 18.0. The number of hydrogen-bond acceptors (Lipinski definition) is 3. The molecule has 0 bridgehead atoms. The summed E-state index contributed by atoms with van der Waals surface area (Å²) in [6, 6.07) is 0. The number of rotatable bonds is 1. The summed E-state index contributed by atoms with van der Waals surface area (Å²) in [5, 5.41) is 10.4. The lowest BCUT2D eigenvalue weighted by Crippen LogP contribution is -2.60. The van der Waals surface area contributed by atoms with Gasteiger partial charge in [0.15, 0.2) is 0 Å². The number of fused-ring (bicyclic) bond motifs is 6. The van der Waals surface area contributed by atoms with Gasteiger partial charge in [-0.3, -0.25) is 4.79 Å². The van der Waals surface area contributed by atoms with E-state index < -0.39 is 0 Å². The van der Waals surface area contributed by atoms with Crippen LogP contribution in [0.5, 0.6) is 0 Å². The van der Waals surface area contributed by atoms with Crippen LogP contribution in [0.15, 0.2) is 0 Å². The van der Waals surface area contributed by atoms with Crippen molar-refractivity contribution in [3.8, 4) is 0 Å². The second-order valence-electron chi connectivity index (χ2n) is 12.1. The Bertz CT molecular complexity index is 719. The first-order valence-electron chi connectivity index (χ1n) is 12.2. The SMILES string of the molecule is CC(=O)[C@]12CCCC[C@@H]1C[C@H]1[C@@H]3C[C@@H]4O[C@@]45C[C@@H](O)CC[C@]5(C)[C@H]3CC[C@@]12C. The molecule has 6 aliphatic rings. The Kier molecular flexibility index (Phi) is 3.57. The molecule has 6 rings (SSSR count). The molecule has 0 aromatic rings. The largest absolute Gasteiger partial charge is 0.393 e. The van der Waals surface area contributed by atoms with Crippen molar-refractivity contribution < 1.29 is 14.6 Å². The summed E-state index contributed by atoms with van der Waals surface area (Å²) >= 11 is 0. The number of carbonyl (C=O) groups is 1. The second kappa shape index (κ2) is 5.44. The number of hydrogen-bond donors (Lipinski definition) is 1. The van der Waals surface area contributed by atoms with Crippen molar-refractivity contribution in [3.05, 3.63) is 0 Å². The van der Waals surface area contributed by atoms with Crippen molar-refractivity contribution in [2.75, 3.05) is 0 Å². The number of epoxide rings is 1. The van der Waals surface area contributed by atoms with Gasteiger partial charge in [0.1, 0.15) is 11.4 Å². The first-order chi connectivity index (χ1) is 13.3. The van der Waals surface area contributed by atoms with Gasteiger partial charge in [-0.2, -0.15) is 0 Å². The molecular weight excluding hydrogens is 348 g/mol. The fourth-order valence-corrected chi connectivity index (χ4v) is 10.5. The van der Waals surface area contributed by atoms with Crippen LogP contribution in [0.4, 0.5) is 0 Å². The first kappa shape index (κ1) is 18.4. The molecule has 1 N–H and O–H groups in total. The number of ketones is 1.